The first-order valence-electron chi connectivity index (χ1n) is 12.7. The van der Waals surface area contributed by atoms with Gasteiger partial charge in [-0.1, -0.05) is 83.3 Å². The molecule has 0 aromatic heterocycles. The fourth-order valence-corrected chi connectivity index (χ4v) is 4.99. The van der Waals surface area contributed by atoms with Crippen molar-refractivity contribution in [2.75, 3.05) is 12.4 Å². The maximum absolute atomic E-state index is 5.97. The first-order valence-corrected chi connectivity index (χ1v) is 13.3. The summed E-state index contributed by atoms with van der Waals surface area (Å²) in [7, 11) is 0. The molecule has 1 aromatic rings. The first-order chi connectivity index (χ1) is 14.3. The van der Waals surface area contributed by atoms with Crippen LogP contribution in [0.3, 0.4) is 0 Å². The second-order valence-corrected chi connectivity index (χ2v) is 9.63. The number of benzene rings is 1. The second-order valence-electron chi connectivity index (χ2n) is 9.18. The Hall–Kier alpha value is -0.630. The summed E-state index contributed by atoms with van der Waals surface area (Å²) in [4.78, 5) is 0. The Morgan fingerprint density at radius 3 is 2.00 bits per heavy atom. The first kappa shape index (κ1) is 24.6. The predicted octanol–water partition coefficient (Wildman–Crippen LogP) is 8.97. The fraction of sp³-hybridized carbons (Fsp3) is 0.778. The van der Waals surface area contributed by atoms with Crippen molar-refractivity contribution < 1.29 is 4.74 Å². The Balaban J connectivity index is 1.53. The Bertz CT molecular complexity index is 490. The summed E-state index contributed by atoms with van der Waals surface area (Å²) in [5.74, 6) is 3.86. The van der Waals surface area contributed by atoms with Gasteiger partial charge in [-0.3, -0.25) is 0 Å². The van der Waals surface area contributed by atoms with Gasteiger partial charge >= 0.3 is 0 Å². The van der Waals surface area contributed by atoms with Crippen LogP contribution in [0.1, 0.15) is 121 Å². The fourth-order valence-electron chi connectivity index (χ4n) is 4.77. The van der Waals surface area contributed by atoms with E-state index in [0.29, 0.717) is 0 Å². The van der Waals surface area contributed by atoms with Crippen LogP contribution >= 0.6 is 12.6 Å². The van der Waals surface area contributed by atoms with E-state index in [1.807, 2.05) is 0 Å². The largest absolute Gasteiger partial charge is 0.494 e. The molecule has 0 bridgehead atoms. The SMILES string of the molecule is CCCCCC1CCC(c2ccc(OCCCCCCCCCCS)cc2)CC1. The minimum absolute atomic E-state index is 0.777. The third kappa shape index (κ3) is 10.8. The van der Waals surface area contributed by atoms with E-state index >= 15 is 0 Å². The van der Waals surface area contributed by atoms with Crippen molar-refractivity contribution in [2.24, 2.45) is 5.92 Å². The maximum atomic E-state index is 5.97. The summed E-state index contributed by atoms with van der Waals surface area (Å²) in [5, 5.41) is 0. The molecule has 0 aliphatic heterocycles. The van der Waals surface area contributed by atoms with E-state index in [1.165, 1.54) is 108 Å². The lowest BCUT2D eigenvalue weighted by Crippen LogP contribution is -2.13. The smallest absolute Gasteiger partial charge is 0.119 e. The highest BCUT2D eigenvalue weighted by atomic mass is 32.1. The Kier molecular flexibility index (Phi) is 13.7. The van der Waals surface area contributed by atoms with E-state index in [-0.39, 0.29) is 0 Å². The Morgan fingerprint density at radius 2 is 1.38 bits per heavy atom. The Labute approximate surface area is 186 Å². The van der Waals surface area contributed by atoms with Gasteiger partial charge in [0.2, 0.25) is 0 Å². The lowest BCUT2D eigenvalue weighted by atomic mass is 9.77. The van der Waals surface area contributed by atoms with Crippen molar-refractivity contribution in [3.8, 4) is 5.75 Å². The van der Waals surface area contributed by atoms with Crippen molar-refractivity contribution in [1.82, 2.24) is 0 Å². The molecule has 0 radical (unpaired) electrons. The predicted molar refractivity (Wildman–Crippen MR) is 132 cm³/mol. The van der Waals surface area contributed by atoms with E-state index in [2.05, 4.69) is 43.8 Å². The molecule has 0 amide bonds. The molecule has 1 saturated carbocycles. The summed E-state index contributed by atoms with van der Waals surface area (Å²) in [6.07, 6.45) is 21.9. The minimum Gasteiger partial charge on any atom is -0.494 e. The van der Waals surface area contributed by atoms with Crippen LogP contribution < -0.4 is 4.74 Å². The molecule has 2 heteroatoms. The van der Waals surface area contributed by atoms with E-state index in [9.17, 15) is 0 Å². The van der Waals surface area contributed by atoms with Crippen molar-refractivity contribution in [1.29, 1.82) is 0 Å². The molecule has 0 unspecified atom stereocenters. The van der Waals surface area contributed by atoms with Crippen LogP contribution in [-0.4, -0.2) is 12.4 Å². The average Bonchev–Trinajstić information content (AvgIpc) is 2.76. The van der Waals surface area contributed by atoms with Crippen molar-refractivity contribution in [2.45, 2.75) is 116 Å². The molecule has 1 fully saturated rings. The molecular weight excluding hydrogens is 372 g/mol. The average molecular weight is 419 g/mol. The molecule has 1 nitrogen and oxygen atoms in total. The zero-order valence-electron chi connectivity index (χ0n) is 19.0. The van der Waals surface area contributed by atoms with Crippen LogP contribution in [0.4, 0.5) is 0 Å². The zero-order valence-corrected chi connectivity index (χ0v) is 19.9. The van der Waals surface area contributed by atoms with Gasteiger partial charge in [0.05, 0.1) is 6.61 Å². The van der Waals surface area contributed by atoms with Crippen LogP contribution in [0.25, 0.3) is 0 Å². The quantitative estimate of drug-likeness (QED) is 0.208. The molecule has 2 rings (SSSR count). The number of hydrogen-bond acceptors (Lipinski definition) is 2. The molecule has 0 heterocycles. The highest BCUT2D eigenvalue weighted by Crippen LogP contribution is 2.38. The maximum Gasteiger partial charge on any atom is 0.119 e. The van der Waals surface area contributed by atoms with Crippen LogP contribution in [0.5, 0.6) is 5.75 Å². The molecule has 0 N–H and O–H groups in total. The molecule has 166 valence electrons. The van der Waals surface area contributed by atoms with E-state index in [0.717, 1.165) is 29.9 Å². The van der Waals surface area contributed by atoms with Gasteiger partial charge in [-0.2, -0.15) is 12.6 Å². The van der Waals surface area contributed by atoms with Crippen LogP contribution in [0.15, 0.2) is 24.3 Å². The topological polar surface area (TPSA) is 9.23 Å². The molecule has 0 spiro atoms. The summed E-state index contributed by atoms with van der Waals surface area (Å²) < 4.78 is 5.97. The van der Waals surface area contributed by atoms with Crippen LogP contribution in [0, 0.1) is 5.92 Å². The number of hydrogen-bond donors (Lipinski definition) is 1. The van der Waals surface area contributed by atoms with Gasteiger partial charge < -0.3 is 4.74 Å². The third-order valence-electron chi connectivity index (χ3n) is 6.74. The highest BCUT2D eigenvalue weighted by molar-refractivity contribution is 7.80. The molecule has 29 heavy (non-hydrogen) atoms. The zero-order chi connectivity index (χ0) is 20.6. The lowest BCUT2D eigenvalue weighted by molar-refractivity contribution is 0.299. The van der Waals surface area contributed by atoms with Crippen molar-refractivity contribution >= 4 is 12.6 Å². The van der Waals surface area contributed by atoms with Crippen molar-refractivity contribution in [3.63, 3.8) is 0 Å². The van der Waals surface area contributed by atoms with Gasteiger partial charge in [0, 0.05) is 0 Å². The molecule has 1 aliphatic rings. The second kappa shape index (κ2) is 16.1. The Morgan fingerprint density at radius 1 is 0.759 bits per heavy atom. The summed E-state index contributed by atoms with van der Waals surface area (Å²) in [6, 6.07) is 9.04. The molecule has 0 saturated heterocycles. The highest BCUT2D eigenvalue weighted by Gasteiger charge is 2.21. The molecule has 1 aromatic carbocycles. The van der Waals surface area contributed by atoms with Crippen LogP contribution in [0.2, 0.25) is 0 Å². The van der Waals surface area contributed by atoms with E-state index in [1.54, 1.807) is 0 Å². The third-order valence-corrected chi connectivity index (χ3v) is 7.05. The van der Waals surface area contributed by atoms with Gasteiger partial charge in [-0.15, -0.1) is 0 Å². The summed E-state index contributed by atoms with van der Waals surface area (Å²) in [6.45, 7) is 3.17. The van der Waals surface area contributed by atoms with Gasteiger partial charge in [0.15, 0.2) is 0 Å². The minimum atomic E-state index is 0.777. The number of rotatable bonds is 16. The molecular formula is C27H46OS. The number of unbranched alkanes of at least 4 members (excludes halogenated alkanes) is 9. The van der Waals surface area contributed by atoms with Gasteiger partial charge in [-0.25, -0.2) is 0 Å². The lowest BCUT2D eigenvalue weighted by Gasteiger charge is -2.29. The standard InChI is InChI=1S/C27H46OS/c1-2-3-10-13-24-14-16-25(17-15-24)26-18-20-27(21-19-26)28-22-11-8-6-4-5-7-9-12-23-29/h18-21,24-25,29H,2-17,22-23H2,1H3. The van der Waals surface area contributed by atoms with Crippen LogP contribution in [-0.2, 0) is 0 Å². The number of ether oxygens (including phenoxy) is 1. The number of thiol groups is 1. The van der Waals surface area contributed by atoms with E-state index in [4.69, 9.17) is 4.74 Å². The monoisotopic (exact) mass is 418 g/mol. The summed E-state index contributed by atoms with van der Waals surface area (Å²) in [5.41, 5.74) is 1.53. The van der Waals surface area contributed by atoms with Gasteiger partial charge in [-0.05, 0) is 73.8 Å². The normalized spacial score (nSPS) is 19.4. The van der Waals surface area contributed by atoms with Crippen molar-refractivity contribution in [3.05, 3.63) is 29.8 Å². The van der Waals surface area contributed by atoms with Gasteiger partial charge in [0.1, 0.15) is 5.75 Å². The molecule has 1 aliphatic carbocycles. The van der Waals surface area contributed by atoms with Gasteiger partial charge in [0.25, 0.3) is 0 Å². The van der Waals surface area contributed by atoms with E-state index < -0.39 is 0 Å². The summed E-state index contributed by atoms with van der Waals surface area (Å²) >= 11 is 4.27. The molecule has 0 atom stereocenters.